The van der Waals surface area contributed by atoms with E-state index in [2.05, 4.69) is 20.6 Å². The number of amides is 3. The molecule has 14 nitrogen and oxygen atoms in total. The molecule has 276 valence electrons. The molecule has 0 saturated carbocycles. The number of nitrogens with zero attached hydrogens (tertiary/aromatic N) is 2. The molecular weight excluding hydrogens is 658 g/mol. The highest BCUT2D eigenvalue weighted by Crippen LogP contribution is 2.26. The van der Waals surface area contributed by atoms with Crippen molar-refractivity contribution in [3.05, 3.63) is 66.2 Å². The van der Waals surface area contributed by atoms with E-state index in [1.807, 2.05) is 56.3 Å². The number of benzene rings is 2. The van der Waals surface area contributed by atoms with Gasteiger partial charge in [-0.05, 0) is 48.9 Å². The van der Waals surface area contributed by atoms with Crippen molar-refractivity contribution in [2.24, 2.45) is 11.8 Å². The monoisotopic (exact) mass is 707 g/mol. The number of likely N-dealkylation sites (tertiary alicyclic amines) is 1. The number of methoxy groups -OCH3 is 1. The zero-order valence-electron chi connectivity index (χ0n) is 29.7. The molecule has 2 heterocycles. The van der Waals surface area contributed by atoms with Crippen molar-refractivity contribution >= 4 is 40.4 Å². The number of hydrogen-bond donors (Lipinski definition) is 5. The summed E-state index contributed by atoms with van der Waals surface area (Å²) in [6.07, 6.45) is -0.102. The number of esters is 2. The van der Waals surface area contributed by atoms with E-state index in [1.54, 1.807) is 13.8 Å². The third kappa shape index (κ3) is 10.6. The number of aromatic nitrogens is 2. The standard InChI is InChI=1S/C37H49N5O9/c1-21(2)13-29(33(45)37(49)51-22(3)4)40-35(47)30(16-26-18-38-20-39-26)41-34(46)25(14-24-11-8-10-23-9-6-7-12-28(23)24)15-32(44)42-19-27(43)17-31(42)36(48)50-5/h6-12,18,20-22,25,27,29-31,33,43,45H,13-17,19H2,1-5H3,(H,38,39)(H,40,47)(H,41,46)/t25?,27?,29-,30-,31-,33?/m0/s1. The van der Waals surface area contributed by atoms with Crippen LogP contribution in [0, 0.1) is 11.8 Å². The van der Waals surface area contributed by atoms with Crippen molar-refractivity contribution in [2.75, 3.05) is 13.7 Å². The van der Waals surface area contributed by atoms with Crippen LogP contribution in [0.5, 0.6) is 0 Å². The number of nitrogens with one attached hydrogen (secondary N) is 3. The molecule has 4 rings (SSSR count). The second kappa shape index (κ2) is 17.9. The van der Waals surface area contributed by atoms with Crippen molar-refractivity contribution < 1.29 is 43.7 Å². The van der Waals surface area contributed by atoms with Crippen LogP contribution < -0.4 is 10.6 Å². The second-order valence-corrected chi connectivity index (χ2v) is 13.7. The van der Waals surface area contributed by atoms with E-state index in [4.69, 9.17) is 9.47 Å². The normalized spacial score (nSPS) is 18.3. The van der Waals surface area contributed by atoms with E-state index in [0.717, 1.165) is 16.3 Å². The summed E-state index contributed by atoms with van der Waals surface area (Å²) in [5.74, 6) is -4.37. The van der Waals surface area contributed by atoms with Gasteiger partial charge in [-0.3, -0.25) is 14.4 Å². The molecule has 0 aliphatic carbocycles. The Morgan fingerprint density at radius 2 is 1.73 bits per heavy atom. The van der Waals surface area contributed by atoms with Crippen molar-refractivity contribution in [1.82, 2.24) is 25.5 Å². The highest BCUT2D eigenvalue weighted by Gasteiger charge is 2.41. The first kappa shape index (κ1) is 39.0. The van der Waals surface area contributed by atoms with Gasteiger partial charge in [0.25, 0.3) is 0 Å². The minimum atomic E-state index is -1.66. The van der Waals surface area contributed by atoms with Crippen LogP contribution in [-0.4, -0.2) is 105 Å². The molecule has 3 amide bonds. The van der Waals surface area contributed by atoms with Crippen molar-refractivity contribution in [3.8, 4) is 0 Å². The molecule has 5 N–H and O–H groups in total. The van der Waals surface area contributed by atoms with Crippen LogP contribution in [0.2, 0.25) is 0 Å². The number of β-amino-alcohol motifs (C(OH)–C–C–N with tert-alkyl or cyclic N) is 1. The number of aliphatic hydroxyl groups excluding tert-OH is 2. The fraction of sp³-hybridized carbons (Fsp3) is 0.514. The molecule has 0 bridgehead atoms. The number of aliphatic hydroxyl groups is 2. The number of carbonyl (C=O) groups is 5. The molecule has 1 saturated heterocycles. The van der Waals surface area contributed by atoms with Gasteiger partial charge in [-0.15, -0.1) is 0 Å². The first-order chi connectivity index (χ1) is 24.3. The SMILES string of the molecule is COC(=O)[C@@H]1CC(O)CN1C(=O)CC(Cc1cccc2ccccc12)C(=O)N[C@@H](Cc1cnc[nH]1)C(=O)N[C@@H](CC(C)C)C(O)C(=O)OC(C)C. The number of imidazole rings is 1. The van der Waals surface area contributed by atoms with Gasteiger partial charge >= 0.3 is 11.9 Å². The number of aromatic amines is 1. The Bertz CT molecular complexity index is 1660. The largest absolute Gasteiger partial charge is 0.467 e. The Hall–Kier alpha value is -4.82. The molecule has 1 aliphatic rings. The molecule has 3 unspecified atom stereocenters. The van der Waals surface area contributed by atoms with Gasteiger partial charge in [-0.1, -0.05) is 56.3 Å². The maximum absolute atomic E-state index is 14.3. The Kier molecular flexibility index (Phi) is 13.7. The summed E-state index contributed by atoms with van der Waals surface area (Å²) in [5, 5.41) is 28.6. The third-order valence-corrected chi connectivity index (χ3v) is 8.85. The highest BCUT2D eigenvalue weighted by atomic mass is 16.6. The third-order valence-electron chi connectivity index (χ3n) is 8.85. The van der Waals surface area contributed by atoms with E-state index < -0.39 is 72.0 Å². The average Bonchev–Trinajstić information content (AvgIpc) is 3.75. The molecule has 0 spiro atoms. The Morgan fingerprint density at radius 3 is 2.39 bits per heavy atom. The fourth-order valence-electron chi connectivity index (χ4n) is 6.41. The number of ether oxygens (including phenoxy) is 2. The second-order valence-electron chi connectivity index (χ2n) is 13.7. The molecule has 6 atom stereocenters. The number of rotatable bonds is 16. The molecule has 51 heavy (non-hydrogen) atoms. The van der Waals surface area contributed by atoms with E-state index in [9.17, 15) is 34.2 Å². The van der Waals surface area contributed by atoms with Crippen LogP contribution in [0.3, 0.4) is 0 Å². The van der Waals surface area contributed by atoms with Crippen LogP contribution in [0.15, 0.2) is 55.0 Å². The average molecular weight is 708 g/mol. The predicted octanol–water partition coefficient (Wildman–Crippen LogP) is 1.82. The highest BCUT2D eigenvalue weighted by molar-refractivity contribution is 5.93. The van der Waals surface area contributed by atoms with Crippen LogP contribution in [0.1, 0.15) is 58.2 Å². The Morgan fingerprint density at radius 1 is 1.00 bits per heavy atom. The van der Waals surface area contributed by atoms with E-state index in [0.29, 0.717) is 5.69 Å². The molecule has 14 heteroatoms. The first-order valence-corrected chi connectivity index (χ1v) is 17.3. The quantitative estimate of drug-likeness (QED) is 0.137. The van der Waals surface area contributed by atoms with Gasteiger partial charge in [0, 0.05) is 37.7 Å². The van der Waals surface area contributed by atoms with Gasteiger partial charge < -0.3 is 40.2 Å². The number of hydrogen-bond acceptors (Lipinski definition) is 10. The first-order valence-electron chi connectivity index (χ1n) is 17.3. The molecule has 2 aromatic carbocycles. The van der Waals surface area contributed by atoms with Gasteiger partial charge in [0.2, 0.25) is 17.7 Å². The minimum absolute atomic E-state index is 0.0130. The summed E-state index contributed by atoms with van der Waals surface area (Å²) in [5.41, 5.74) is 1.33. The lowest BCUT2D eigenvalue weighted by molar-refractivity contribution is -0.159. The molecule has 1 fully saturated rings. The van der Waals surface area contributed by atoms with E-state index >= 15 is 0 Å². The summed E-state index contributed by atoms with van der Waals surface area (Å²) in [6.45, 7) is 6.96. The molecule has 0 radical (unpaired) electrons. The topological polar surface area (TPSA) is 200 Å². The Balaban J connectivity index is 1.64. The summed E-state index contributed by atoms with van der Waals surface area (Å²) in [4.78, 5) is 75.4. The maximum Gasteiger partial charge on any atom is 0.337 e. The Labute approximate surface area is 297 Å². The van der Waals surface area contributed by atoms with Gasteiger partial charge in [-0.25, -0.2) is 14.6 Å². The van der Waals surface area contributed by atoms with Crippen LogP contribution in [0.4, 0.5) is 0 Å². The number of fused-ring (bicyclic) bond motifs is 1. The molecular formula is C37H49N5O9. The lowest BCUT2D eigenvalue weighted by Gasteiger charge is -2.29. The van der Waals surface area contributed by atoms with E-state index in [-0.39, 0.29) is 44.6 Å². The van der Waals surface area contributed by atoms with Crippen molar-refractivity contribution in [1.29, 1.82) is 0 Å². The van der Waals surface area contributed by atoms with Gasteiger partial charge in [0.15, 0.2) is 6.10 Å². The summed E-state index contributed by atoms with van der Waals surface area (Å²) in [7, 11) is 1.20. The zero-order chi connectivity index (χ0) is 37.2. The van der Waals surface area contributed by atoms with Crippen molar-refractivity contribution in [3.63, 3.8) is 0 Å². The van der Waals surface area contributed by atoms with Crippen molar-refractivity contribution in [2.45, 2.75) is 96.2 Å². The molecule has 1 aromatic heterocycles. The smallest absolute Gasteiger partial charge is 0.337 e. The van der Waals surface area contributed by atoms with Gasteiger partial charge in [-0.2, -0.15) is 0 Å². The fourth-order valence-corrected chi connectivity index (χ4v) is 6.41. The summed E-state index contributed by atoms with van der Waals surface area (Å²) in [6, 6.07) is 10.1. The van der Waals surface area contributed by atoms with E-state index in [1.165, 1.54) is 24.5 Å². The lowest BCUT2D eigenvalue weighted by atomic mass is 9.91. The number of H-pyrrole nitrogens is 1. The minimum Gasteiger partial charge on any atom is -0.467 e. The van der Waals surface area contributed by atoms with Crippen LogP contribution in [-0.2, 0) is 46.3 Å². The summed E-state index contributed by atoms with van der Waals surface area (Å²) < 4.78 is 10.1. The maximum atomic E-state index is 14.3. The van der Waals surface area contributed by atoms with Gasteiger partial charge in [0.05, 0.1) is 37.6 Å². The molecule has 1 aliphatic heterocycles. The lowest BCUT2D eigenvalue weighted by Crippen LogP contribution is -2.56. The van der Waals surface area contributed by atoms with Gasteiger partial charge in [0.1, 0.15) is 12.1 Å². The summed E-state index contributed by atoms with van der Waals surface area (Å²) >= 11 is 0. The zero-order valence-corrected chi connectivity index (χ0v) is 29.7. The predicted molar refractivity (Wildman–Crippen MR) is 187 cm³/mol. The van der Waals surface area contributed by atoms with Crippen LogP contribution >= 0.6 is 0 Å². The van der Waals surface area contributed by atoms with Crippen LogP contribution in [0.25, 0.3) is 10.8 Å². The number of carbonyl (C=O) groups excluding carboxylic acids is 5. The molecule has 3 aromatic rings.